The topological polar surface area (TPSA) is 80.7 Å². The molecule has 0 bridgehead atoms. The average molecular weight is 389 g/mol. The van der Waals surface area contributed by atoms with Crippen molar-refractivity contribution in [1.82, 2.24) is 4.98 Å². The first kappa shape index (κ1) is 17.8. The molecule has 0 saturated carbocycles. The highest BCUT2D eigenvalue weighted by molar-refractivity contribution is 7.24. The third-order valence-electron chi connectivity index (χ3n) is 4.19. The first-order valence-electron chi connectivity index (χ1n) is 8.50. The fraction of sp³-hybridized carbons (Fsp3) is 0.0476. The molecule has 0 fully saturated rings. The molecule has 0 aliphatic heterocycles. The number of oxime groups is 1. The number of carbonyl (C=O) groups excluding carboxylic acids is 1. The highest BCUT2D eigenvalue weighted by Crippen LogP contribution is 2.25. The van der Waals surface area contributed by atoms with Crippen LogP contribution in [-0.2, 0) is 4.84 Å². The van der Waals surface area contributed by atoms with E-state index in [2.05, 4.69) is 15.5 Å². The quantitative estimate of drug-likeness (QED) is 0.237. The minimum absolute atomic E-state index is 0.0182. The van der Waals surface area contributed by atoms with E-state index in [1.54, 1.807) is 48.9 Å². The number of benzene rings is 2. The number of pyridine rings is 1. The number of hydrogen-bond donors (Lipinski definition) is 1. The highest BCUT2D eigenvalue weighted by atomic mass is 32.1. The summed E-state index contributed by atoms with van der Waals surface area (Å²) in [5.41, 5.74) is 1.74. The molecule has 0 atom stereocenters. The molecule has 0 spiro atoms. The second-order valence-corrected chi connectivity index (χ2v) is 7.14. The molecule has 4 aromatic rings. The van der Waals surface area contributed by atoms with Gasteiger partial charge in [0.05, 0.1) is 5.71 Å². The van der Waals surface area contributed by atoms with Gasteiger partial charge in [0.2, 0.25) is 0 Å². The van der Waals surface area contributed by atoms with E-state index in [4.69, 9.17) is 4.84 Å². The van der Waals surface area contributed by atoms with Crippen molar-refractivity contribution < 1.29 is 9.63 Å². The van der Waals surface area contributed by atoms with Crippen LogP contribution in [0.1, 0.15) is 12.5 Å². The maximum atomic E-state index is 12.8. The largest absolute Gasteiger partial charge is 0.437 e. The molecule has 2 aromatic carbocycles. The summed E-state index contributed by atoms with van der Waals surface area (Å²) in [5.74, 6) is 0. The molecule has 2 heterocycles. The normalized spacial score (nSPS) is 11.5. The molecular weight excluding hydrogens is 374 g/mol. The summed E-state index contributed by atoms with van der Waals surface area (Å²) in [6.45, 7) is 1.72. The molecule has 0 aliphatic rings. The van der Waals surface area contributed by atoms with Crippen LogP contribution < -0.4 is 10.7 Å². The Morgan fingerprint density at radius 2 is 1.79 bits per heavy atom. The lowest BCUT2D eigenvalue weighted by Crippen LogP contribution is -2.12. The molecule has 1 amide bonds. The van der Waals surface area contributed by atoms with Crippen molar-refractivity contribution in [3.63, 3.8) is 0 Å². The molecule has 28 heavy (non-hydrogen) atoms. The second-order valence-electron chi connectivity index (χ2n) is 6.05. The number of anilines is 1. The molecular formula is C21H15N3O3S. The Balaban J connectivity index is 1.60. The van der Waals surface area contributed by atoms with Crippen molar-refractivity contribution in [3.05, 3.63) is 82.8 Å². The van der Waals surface area contributed by atoms with E-state index in [1.165, 1.54) is 0 Å². The molecule has 0 aliphatic carbocycles. The second kappa shape index (κ2) is 7.58. The van der Waals surface area contributed by atoms with Crippen molar-refractivity contribution in [2.45, 2.75) is 6.92 Å². The van der Waals surface area contributed by atoms with E-state index in [0.29, 0.717) is 27.7 Å². The number of aromatic nitrogens is 1. The molecule has 138 valence electrons. The Labute approximate surface area is 164 Å². The van der Waals surface area contributed by atoms with Gasteiger partial charge in [0.1, 0.15) is 0 Å². The van der Waals surface area contributed by atoms with Gasteiger partial charge in [-0.25, -0.2) is 4.79 Å². The lowest BCUT2D eigenvalue weighted by atomic mass is 10.1. The first-order valence-corrected chi connectivity index (χ1v) is 9.32. The summed E-state index contributed by atoms with van der Waals surface area (Å²) >= 11 is 1.56. The van der Waals surface area contributed by atoms with E-state index in [-0.39, 0.29) is 5.43 Å². The number of amides is 1. The Bertz CT molecular complexity index is 1270. The number of rotatable bonds is 3. The highest BCUT2D eigenvalue weighted by Gasteiger charge is 2.09. The van der Waals surface area contributed by atoms with Gasteiger partial charge in [0, 0.05) is 38.3 Å². The van der Waals surface area contributed by atoms with Crippen LogP contribution in [0.4, 0.5) is 10.5 Å². The van der Waals surface area contributed by atoms with Gasteiger partial charge in [-0.1, -0.05) is 23.4 Å². The standard InChI is InChI=1S/C21H15N3O3S/c1-13(24-27-21(26)23-15-8-10-22-11-9-15)14-6-7-19-17(12-14)20(25)16-4-2-3-5-18(16)28-19/h2-12H,1H3,(H,22,23,26)/b24-13+. The summed E-state index contributed by atoms with van der Waals surface area (Å²) in [5, 5.41) is 7.75. The van der Waals surface area contributed by atoms with Crippen LogP contribution in [0.5, 0.6) is 0 Å². The van der Waals surface area contributed by atoms with Crippen molar-refractivity contribution in [2.24, 2.45) is 5.16 Å². The number of carbonyl (C=O) groups is 1. The van der Waals surface area contributed by atoms with Crippen LogP contribution in [0, 0.1) is 0 Å². The maximum Gasteiger partial charge on any atom is 0.437 e. The number of hydrogen-bond acceptors (Lipinski definition) is 6. The van der Waals surface area contributed by atoms with Crippen LogP contribution in [0.2, 0.25) is 0 Å². The van der Waals surface area contributed by atoms with E-state index >= 15 is 0 Å². The zero-order valence-electron chi connectivity index (χ0n) is 14.9. The summed E-state index contributed by atoms with van der Waals surface area (Å²) in [6, 6.07) is 16.4. The van der Waals surface area contributed by atoms with Gasteiger partial charge < -0.3 is 0 Å². The third-order valence-corrected chi connectivity index (χ3v) is 5.34. The van der Waals surface area contributed by atoms with E-state index in [0.717, 1.165) is 9.40 Å². The van der Waals surface area contributed by atoms with Gasteiger partial charge in [-0.2, -0.15) is 0 Å². The molecule has 0 radical (unpaired) electrons. The van der Waals surface area contributed by atoms with Gasteiger partial charge in [-0.3, -0.25) is 19.9 Å². The van der Waals surface area contributed by atoms with Gasteiger partial charge in [0.15, 0.2) is 5.43 Å². The van der Waals surface area contributed by atoms with Crippen LogP contribution in [0.25, 0.3) is 20.2 Å². The SMILES string of the molecule is C/C(=N\OC(=O)Nc1ccncc1)c1ccc2sc3ccccc3c(=O)c2c1. The van der Waals surface area contributed by atoms with Crippen molar-refractivity contribution in [2.75, 3.05) is 5.32 Å². The van der Waals surface area contributed by atoms with E-state index in [1.807, 2.05) is 36.4 Å². The van der Waals surface area contributed by atoms with Crippen LogP contribution in [0.3, 0.4) is 0 Å². The Kier molecular flexibility index (Phi) is 4.82. The minimum Gasteiger partial charge on any atom is -0.298 e. The Hall–Kier alpha value is -3.58. The van der Waals surface area contributed by atoms with Crippen LogP contribution in [-0.4, -0.2) is 16.8 Å². The molecule has 0 unspecified atom stereocenters. The summed E-state index contributed by atoms with van der Waals surface area (Å²) in [6.07, 6.45) is 2.42. The van der Waals surface area contributed by atoms with Gasteiger partial charge in [0.25, 0.3) is 0 Å². The van der Waals surface area contributed by atoms with Crippen molar-refractivity contribution in [3.8, 4) is 0 Å². The fourth-order valence-electron chi connectivity index (χ4n) is 2.77. The lowest BCUT2D eigenvalue weighted by Gasteiger charge is -2.05. The van der Waals surface area contributed by atoms with Gasteiger partial charge in [-0.05, 0) is 48.9 Å². The predicted molar refractivity (Wildman–Crippen MR) is 112 cm³/mol. The summed E-state index contributed by atoms with van der Waals surface area (Å²) in [7, 11) is 0. The smallest absolute Gasteiger partial charge is 0.298 e. The molecule has 1 N–H and O–H groups in total. The molecule has 6 nitrogen and oxygen atoms in total. The molecule has 4 rings (SSSR count). The van der Waals surface area contributed by atoms with E-state index in [9.17, 15) is 9.59 Å². The van der Waals surface area contributed by atoms with Crippen molar-refractivity contribution in [1.29, 1.82) is 0 Å². The number of nitrogens with zero attached hydrogens (tertiary/aromatic N) is 2. The molecule has 7 heteroatoms. The third kappa shape index (κ3) is 3.60. The predicted octanol–water partition coefficient (Wildman–Crippen LogP) is 4.78. The lowest BCUT2D eigenvalue weighted by molar-refractivity contribution is 0.166. The monoisotopic (exact) mass is 389 g/mol. The van der Waals surface area contributed by atoms with E-state index < -0.39 is 6.09 Å². The van der Waals surface area contributed by atoms with Crippen molar-refractivity contribution >= 4 is 49.0 Å². The number of fused-ring (bicyclic) bond motifs is 2. The fourth-order valence-corrected chi connectivity index (χ4v) is 3.82. The van der Waals surface area contributed by atoms with Crippen LogP contribution in [0.15, 0.2) is 76.9 Å². The molecule has 2 aromatic heterocycles. The van der Waals surface area contributed by atoms with Gasteiger partial charge in [-0.15, -0.1) is 11.3 Å². The minimum atomic E-state index is -0.705. The zero-order chi connectivity index (χ0) is 19.5. The maximum absolute atomic E-state index is 12.8. The molecule has 0 saturated heterocycles. The summed E-state index contributed by atoms with van der Waals surface area (Å²) < 4.78 is 1.85. The van der Waals surface area contributed by atoms with Gasteiger partial charge >= 0.3 is 6.09 Å². The zero-order valence-corrected chi connectivity index (χ0v) is 15.7. The summed E-state index contributed by atoms with van der Waals surface area (Å²) in [4.78, 5) is 33.4. The van der Waals surface area contributed by atoms with Crippen LogP contribution >= 0.6 is 11.3 Å². The Morgan fingerprint density at radius 1 is 1.04 bits per heavy atom. The first-order chi connectivity index (χ1) is 13.6. The average Bonchev–Trinajstić information content (AvgIpc) is 2.73. The number of nitrogens with one attached hydrogen (secondary N) is 1. The Morgan fingerprint density at radius 3 is 2.61 bits per heavy atom.